The predicted molar refractivity (Wildman–Crippen MR) is 51.5 cm³/mol. The van der Waals surface area contributed by atoms with Gasteiger partial charge in [0.25, 0.3) is 0 Å². The molecule has 3 heteroatoms. The number of hydrogen-bond donors (Lipinski definition) is 0. The van der Waals surface area contributed by atoms with Crippen molar-refractivity contribution in [2.24, 2.45) is 4.99 Å². The van der Waals surface area contributed by atoms with Gasteiger partial charge in [-0.1, -0.05) is 0 Å². The molecule has 0 spiro atoms. The van der Waals surface area contributed by atoms with Crippen LogP contribution in [0.5, 0.6) is 0 Å². The smallest absolute Gasteiger partial charge is 0.150 e. The van der Waals surface area contributed by atoms with Crippen molar-refractivity contribution in [3.63, 3.8) is 0 Å². The monoisotopic (exact) mass is 180 g/mol. The first kappa shape index (κ1) is 9.84. The number of pyridine rings is 1. The third-order valence-electron chi connectivity index (χ3n) is 1.39. The van der Waals surface area contributed by atoms with Crippen molar-refractivity contribution in [3.8, 4) is 0 Å². The highest BCUT2D eigenvalue weighted by atomic mass is 19.1. The lowest BCUT2D eigenvalue weighted by Gasteiger charge is -2.10. The molecule has 1 rings (SSSR count). The normalized spacial score (nSPS) is 12.3. The summed E-state index contributed by atoms with van der Waals surface area (Å²) in [7, 11) is 0. The molecule has 0 radical (unpaired) electrons. The Balaban J connectivity index is 2.86. The molecule has 2 nitrogen and oxygen atoms in total. The molecule has 70 valence electrons. The summed E-state index contributed by atoms with van der Waals surface area (Å²) in [5.74, 6) is -0.337. The van der Waals surface area contributed by atoms with E-state index in [-0.39, 0.29) is 11.4 Å². The minimum Gasteiger partial charge on any atom is -0.287 e. The zero-order chi connectivity index (χ0) is 9.90. The second-order valence-corrected chi connectivity index (χ2v) is 3.83. The van der Waals surface area contributed by atoms with E-state index < -0.39 is 0 Å². The summed E-state index contributed by atoms with van der Waals surface area (Å²) >= 11 is 0. The van der Waals surface area contributed by atoms with Gasteiger partial charge in [-0.15, -0.1) is 0 Å². The molecule has 1 heterocycles. The van der Waals surface area contributed by atoms with E-state index in [1.54, 1.807) is 12.3 Å². The second kappa shape index (κ2) is 3.64. The van der Waals surface area contributed by atoms with Gasteiger partial charge in [0.05, 0.1) is 11.7 Å². The van der Waals surface area contributed by atoms with E-state index >= 15 is 0 Å². The van der Waals surface area contributed by atoms with E-state index in [0.29, 0.717) is 5.56 Å². The lowest BCUT2D eigenvalue weighted by Crippen LogP contribution is -2.09. The predicted octanol–water partition coefficient (Wildman–Crippen LogP) is 2.44. The van der Waals surface area contributed by atoms with E-state index in [1.807, 2.05) is 20.8 Å². The molecule has 0 fully saturated rings. The zero-order valence-electron chi connectivity index (χ0n) is 8.08. The highest BCUT2D eigenvalue weighted by Crippen LogP contribution is 2.07. The summed E-state index contributed by atoms with van der Waals surface area (Å²) in [6.07, 6.45) is 4.27. The van der Waals surface area contributed by atoms with Gasteiger partial charge in [0.2, 0.25) is 0 Å². The summed E-state index contributed by atoms with van der Waals surface area (Å²) in [5.41, 5.74) is 0.306. The van der Waals surface area contributed by atoms with E-state index in [2.05, 4.69) is 9.98 Å². The van der Waals surface area contributed by atoms with Crippen molar-refractivity contribution < 1.29 is 4.39 Å². The fourth-order valence-corrected chi connectivity index (χ4v) is 0.754. The summed E-state index contributed by atoms with van der Waals surface area (Å²) in [6, 6.07) is 1.60. The first-order valence-electron chi connectivity index (χ1n) is 4.14. The third-order valence-corrected chi connectivity index (χ3v) is 1.39. The van der Waals surface area contributed by atoms with Crippen LogP contribution in [0.1, 0.15) is 26.3 Å². The Morgan fingerprint density at radius 2 is 2.15 bits per heavy atom. The molecule has 0 aromatic carbocycles. The molecule has 1 aromatic heterocycles. The maximum Gasteiger partial charge on any atom is 0.150 e. The molecule has 13 heavy (non-hydrogen) atoms. The quantitative estimate of drug-likeness (QED) is 0.609. The summed E-state index contributed by atoms with van der Waals surface area (Å²) < 4.78 is 13.0. The van der Waals surface area contributed by atoms with Crippen molar-refractivity contribution in [2.75, 3.05) is 0 Å². The number of hydrogen-bond acceptors (Lipinski definition) is 2. The van der Waals surface area contributed by atoms with Crippen molar-refractivity contribution in [1.82, 2.24) is 4.98 Å². The van der Waals surface area contributed by atoms with Crippen molar-refractivity contribution in [2.45, 2.75) is 26.3 Å². The second-order valence-electron chi connectivity index (χ2n) is 3.83. The molecule has 0 aliphatic heterocycles. The van der Waals surface area contributed by atoms with E-state index in [1.165, 1.54) is 12.4 Å². The number of nitrogens with zero attached hydrogens (tertiary/aromatic N) is 2. The number of rotatable bonds is 1. The van der Waals surface area contributed by atoms with Crippen LogP contribution in [0.3, 0.4) is 0 Å². The maximum atomic E-state index is 13.0. The van der Waals surface area contributed by atoms with Crippen molar-refractivity contribution in [3.05, 3.63) is 29.8 Å². The van der Waals surface area contributed by atoms with Gasteiger partial charge in [-0.3, -0.25) is 9.98 Å². The molecule has 1 aromatic rings. The van der Waals surface area contributed by atoms with E-state index in [4.69, 9.17) is 0 Å². The van der Waals surface area contributed by atoms with Gasteiger partial charge in [0, 0.05) is 18.0 Å². The minimum absolute atomic E-state index is 0.171. The maximum absolute atomic E-state index is 13.0. The van der Waals surface area contributed by atoms with Crippen LogP contribution in [-0.4, -0.2) is 16.7 Å². The molecule has 0 saturated heterocycles. The van der Waals surface area contributed by atoms with Gasteiger partial charge in [0.15, 0.2) is 0 Å². The van der Waals surface area contributed by atoms with Crippen LogP contribution in [0.2, 0.25) is 0 Å². The Morgan fingerprint density at radius 1 is 1.46 bits per heavy atom. The molecule has 0 saturated carbocycles. The van der Waals surface area contributed by atoms with Crippen LogP contribution in [0, 0.1) is 5.82 Å². The van der Waals surface area contributed by atoms with Crippen LogP contribution in [0.4, 0.5) is 4.39 Å². The third kappa shape index (κ3) is 3.32. The SMILES string of the molecule is CC(C)(C)/N=C\c1ccncc1F. The summed E-state index contributed by atoms with van der Waals surface area (Å²) in [6.45, 7) is 5.88. The average Bonchev–Trinajstić information content (AvgIpc) is 2.01. The molecule has 0 atom stereocenters. The summed E-state index contributed by atoms with van der Waals surface area (Å²) in [4.78, 5) is 7.85. The Morgan fingerprint density at radius 3 is 2.69 bits per heavy atom. The first-order valence-corrected chi connectivity index (χ1v) is 4.14. The van der Waals surface area contributed by atoms with E-state index in [0.717, 1.165) is 0 Å². The summed E-state index contributed by atoms with van der Waals surface area (Å²) in [5, 5.41) is 0. The number of halogens is 1. The molecule has 0 bridgehead atoms. The standard InChI is InChI=1S/C10H13FN2/c1-10(2,3)13-6-8-4-5-12-7-9(8)11/h4-7H,1-3H3/b13-6-. The van der Waals surface area contributed by atoms with Gasteiger partial charge < -0.3 is 0 Å². The fraction of sp³-hybridized carbons (Fsp3) is 0.400. The highest BCUT2D eigenvalue weighted by Gasteiger charge is 2.05. The van der Waals surface area contributed by atoms with Crippen molar-refractivity contribution in [1.29, 1.82) is 0 Å². The average molecular weight is 180 g/mol. The van der Waals surface area contributed by atoms with Crippen LogP contribution in [-0.2, 0) is 0 Å². The van der Waals surface area contributed by atoms with Gasteiger partial charge in [-0.25, -0.2) is 4.39 Å². The van der Waals surface area contributed by atoms with Gasteiger partial charge in [-0.05, 0) is 26.8 Å². The lowest BCUT2D eigenvalue weighted by atomic mass is 10.1. The van der Waals surface area contributed by atoms with Crippen LogP contribution < -0.4 is 0 Å². The molecular formula is C10H13FN2. The Kier molecular flexibility index (Phi) is 2.76. The fourth-order valence-electron chi connectivity index (χ4n) is 0.754. The van der Waals surface area contributed by atoms with Crippen LogP contribution in [0.25, 0.3) is 0 Å². The lowest BCUT2D eigenvalue weighted by molar-refractivity contribution is 0.584. The minimum atomic E-state index is -0.337. The molecule has 0 aliphatic rings. The zero-order valence-corrected chi connectivity index (χ0v) is 8.08. The largest absolute Gasteiger partial charge is 0.287 e. The highest BCUT2D eigenvalue weighted by molar-refractivity contribution is 5.79. The Bertz CT molecular complexity index is 313. The number of aromatic nitrogens is 1. The Labute approximate surface area is 77.5 Å². The molecule has 0 unspecified atom stereocenters. The van der Waals surface area contributed by atoms with Crippen LogP contribution in [0.15, 0.2) is 23.5 Å². The van der Waals surface area contributed by atoms with Gasteiger partial charge in [0.1, 0.15) is 5.82 Å². The van der Waals surface area contributed by atoms with Crippen LogP contribution >= 0.6 is 0 Å². The molecule has 0 amide bonds. The van der Waals surface area contributed by atoms with Gasteiger partial charge in [-0.2, -0.15) is 0 Å². The van der Waals surface area contributed by atoms with Gasteiger partial charge >= 0.3 is 0 Å². The van der Waals surface area contributed by atoms with E-state index in [9.17, 15) is 4.39 Å². The Hall–Kier alpha value is -1.25. The van der Waals surface area contributed by atoms with Crippen molar-refractivity contribution >= 4 is 6.21 Å². The molecule has 0 N–H and O–H groups in total. The molecular weight excluding hydrogens is 167 g/mol. The topological polar surface area (TPSA) is 25.2 Å². The number of aliphatic imine (C=N–C) groups is 1. The first-order chi connectivity index (χ1) is 5.99. The molecule has 0 aliphatic carbocycles.